The van der Waals surface area contributed by atoms with E-state index in [9.17, 15) is 4.79 Å². The van der Waals surface area contributed by atoms with E-state index in [0.29, 0.717) is 6.42 Å². The number of carbonyl (C=O) groups is 1. The van der Waals surface area contributed by atoms with Gasteiger partial charge in [-0.2, -0.15) is 10.2 Å². The molecule has 0 N–H and O–H groups in total. The molecule has 0 aliphatic carbocycles. The van der Waals surface area contributed by atoms with Gasteiger partial charge in [0.2, 0.25) is 5.91 Å². The second kappa shape index (κ2) is 12.3. The fourth-order valence-corrected chi connectivity index (χ4v) is 5.25. The molecule has 2 aliphatic heterocycles. The topological polar surface area (TPSA) is 71.6 Å². The summed E-state index contributed by atoms with van der Waals surface area (Å²) in [4.78, 5) is 22.3. The highest BCUT2D eigenvalue weighted by Crippen LogP contribution is 2.28. The Morgan fingerprint density at radius 1 is 1.02 bits per heavy atom. The summed E-state index contributed by atoms with van der Waals surface area (Å²) >= 11 is 0. The van der Waals surface area contributed by atoms with Gasteiger partial charge in [0.05, 0.1) is 11.4 Å². The summed E-state index contributed by atoms with van der Waals surface area (Å²) in [5.74, 6) is 2.70. The summed E-state index contributed by atoms with van der Waals surface area (Å²) in [6.45, 7) is 7.96. The molecule has 3 aromatic rings. The molecule has 0 spiro atoms. The van der Waals surface area contributed by atoms with Crippen molar-refractivity contribution in [1.82, 2.24) is 29.4 Å². The maximum atomic E-state index is 12.6. The zero-order chi connectivity index (χ0) is 28.1. The largest absolute Gasteiger partial charge is 0.358 e. The second-order valence-corrected chi connectivity index (χ2v) is 10.4. The van der Waals surface area contributed by atoms with E-state index in [1.54, 1.807) is 0 Å². The summed E-state index contributed by atoms with van der Waals surface area (Å²) in [5, 5.41) is 9.55. The number of rotatable bonds is 6. The van der Waals surface area contributed by atoms with Crippen molar-refractivity contribution in [3.05, 3.63) is 89.9 Å². The van der Waals surface area contributed by atoms with E-state index in [1.165, 1.54) is 30.4 Å². The molecule has 0 saturated carbocycles. The van der Waals surface area contributed by atoms with Gasteiger partial charge in [0.1, 0.15) is 11.6 Å². The average Bonchev–Trinajstić information content (AvgIpc) is 3.52. The zero-order valence-electron chi connectivity index (χ0n) is 24.0. The number of nitrogens with zero attached hydrogens (tertiary/aromatic N) is 7. The lowest BCUT2D eigenvalue weighted by molar-refractivity contribution is 0.0883. The molecule has 2 aromatic heterocycles. The highest BCUT2D eigenvalue weighted by molar-refractivity contribution is 5.96. The number of aliphatic imine (C=N–C) groups is 1. The van der Waals surface area contributed by atoms with E-state index in [1.807, 2.05) is 68.1 Å². The van der Waals surface area contributed by atoms with Gasteiger partial charge in [-0.1, -0.05) is 56.2 Å². The van der Waals surface area contributed by atoms with E-state index >= 15 is 0 Å². The lowest BCUT2D eigenvalue weighted by atomic mass is 10.1. The Balaban J connectivity index is 1.54. The standard InChI is InChI=1S/C32H39N7O/c1-5-14-32(40)39-24(3)21-28(35-39)25(6-2)22-29-33-30(23-31(36(29)4)37-18-12-7-8-13-19-37)38-20-17-27(34-38)26-15-10-9-11-16-26/h6,9-11,15-17,20-23H,5,7-8,12-14,18-19H2,1-4H3/b25-6-,29-22-. The number of carbonyl (C=O) groups excluding carboxylic acids is 1. The molecular weight excluding hydrogens is 498 g/mol. The van der Waals surface area contributed by atoms with Crippen molar-refractivity contribution in [1.29, 1.82) is 0 Å². The van der Waals surface area contributed by atoms with Crippen molar-refractivity contribution in [2.24, 2.45) is 4.99 Å². The number of aryl methyl sites for hydroxylation is 1. The number of benzene rings is 1. The molecule has 0 radical (unpaired) electrons. The van der Waals surface area contributed by atoms with Gasteiger partial charge in [0, 0.05) is 55.7 Å². The van der Waals surface area contributed by atoms with Crippen molar-refractivity contribution in [3.8, 4) is 11.3 Å². The van der Waals surface area contributed by atoms with Crippen LogP contribution in [-0.4, -0.2) is 61.2 Å². The Morgan fingerprint density at radius 3 is 2.48 bits per heavy atom. The van der Waals surface area contributed by atoms with Crippen molar-refractivity contribution < 1.29 is 4.79 Å². The van der Waals surface area contributed by atoms with Crippen molar-refractivity contribution in [2.75, 3.05) is 20.1 Å². The Kier molecular flexibility index (Phi) is 8.43. The zero-order valence-corrected chi connectivity index (χ0v) is 24.0. The van der Waals surface area contributed by atoms with Gasteiger partial charge < -0.3 is 9.80 Å². The number of hydrogen-bond donors (Lipinski definition) is 0. The monoisotopic (exact) mass is 537 g/mol. The molecule has 0 amide bonds. The molecule has 2 aliphatic rings. The molecule has 5 rings (SSSR count). The minimum atomic E-state index is 0.0173. The molecular formula is C32H39N7O. The Morgan fingerprint density at radius 2 is 1.77 bits per heavy atom. The van der Waals surface area contributed by atoms with Gasteiger partial charge in [-0.05, 0) is 51.3 Å². The summed E-state index contributed by atoms with van der Waals surface area (Å²) in [5.41, 5.74) is 4.49. The van der Waals surface area contributed by atoms with E-state index < -0.39 is 0 Å². The fraction of sp³-hybridized carbons (Fsp3) is 0.375. The number of hydrogen-bond acceptors (Lipinski definition) is 6. The van der Waals surface area contributed by atoms with E-state index in [-0.39, 0.29) is 5.91 Å². The number of aromatic nitrogens is 4. The predicted molar refractivity (Wildman–Crippen MR) is 161 cm³/mol. The smallest absolute Gasteiger partial charge is 0.247 e. The first kappa shape index (κ1) is 27.4. The van der Waals surface area contributed by atoms with Gasteiger partial charge in [0.15, 0.2) is 5.84 Å². The molecule has 40 heavy (non-hydrogen) atoms. The summed E-state index contributed by atoms with van der Waals surface area (Å²) in [6.07, 6.45) is 14.4. The van der Waals surface area contributed by atoms with E-state index in [0.717, 1.165) is 65.2 Å². The van der Waals surface area contributed by atoms with Crippen LogP contribution in [0.2, 0.25) is 0 Å². The van der Waals surface area contributed by atoms with Gasteiger partial charge in [-0.25, -0.2) is 14.4 Å². The highest BCUT2D eigenvalue weighted by atomic mass is 16.2. The van der Waals surface area contributed by atoms with Crippen LogP contribution in [0.5, 0.6) is 0 Å². The normalized spacial score (nSPS) is 17.6. The third-order valence-corrected chi connectivity index (χ3v) is 7.48. The van der Waals surface area contributed by atoms with Crippen LogP contribution >= 0.6 is 0 Å². The molecule has 1 fully saturated rings. The minimum absolute atomic E-state index is 0.0173. The van der Waals surface area contributed by atoms with Gasteiger partial charge in [-0.3, -0.25) is 4.79 Å². The molecule has 8 heteroatoms. The summed E-state index contributed by atoms with van der Waals surface area (Å²) in [7, 11) is 2.07. The van der Waals surface area contributed by atoms with Crippen LogP contribution in [0.4, 0.5) is 0 Å². The quantitative estimate of drug-likeness (QED) is 0.366. The lowest BCUT2D eigenvalue weighted by Crippen LogP contribution is -2.37. The van der Waals surface area contributed by atoms with Crippen molar-refractivity contribution in [3.63, 3.8) is 0 Å². The Bertz CT molecular complexity index is 1460. The van der Waals surface area contributed by atoms with Crippen molar-refractivity contribution in [2.45, 2.75) is 59.3 Å². The Hall–Kier alpha value is -4.20. The van der Waals surface area contributed by atoms with Crippen LogP contribution in [0, 0.1) is 6.92 Å². The first-order valence-corrected chi connectivity index (χ1v) is 14.4. The van der Waals surface area contributed by atoms with Crippen LogP contribution in [0.1, 0.15) is 68.6 Å². The third-order valence-electron chi connectivity index (χ3n) is 7.48. The van der Waals surface area contributed by atoms with Gasteiger partial charge in [0.25, 0.3) is 0 Å². The molecule has 208 valence electrons. The van der Waals surface area contributed by atoms with Crippen LogP contribution < -0.4 is 0 Å². The third kappa shape index (κ3) is 5.86. The van der Waals surface area contributed by atoms with Crippen LogP contribution in [-0.2, 0) is 0 Å². The number of likely N-dealkylation sites (tertiary alicyclic amines) is 1. The molecule has 1 saturated heterocycles. The predicted octanol–water partition coefficient (Wildman–Crippen LogP) is 6.35. The molecule has 8 nitrogen and oxygen atoms in total. The van der Waals surface area contributed by atoms with E-state index in [4.69, 9.17) is 10.1 Å². The Labute approximate surface area is 237 Å². The molecule has 0 atom stereocenters. The van der Waals surface area contributed by atoms with Crippen LogP contribution in [0.3, 0.4) is 0 Å². The van der Waals surface area contributed by atoms with Crippen LogP contribution in [0.25, 0.3) is 16.8 Å². The fourth-order valence-electron chi connectivity index (χ4n) is 5.25. The maximum absolute atomic E-state index is 12.6. The summed E-state index contributed by atoms with van der Waals surface area (Å²) < 4.78 is 3.39. The SMILES string of the molecule is C/C=C(/C=C1/N=C(n2ccc(-c3ccccc3)n2)C=C(N2CCCCCC2)N1C)c1cc(C)n(C(=O)CCC)n1. The summed E-state index contributed by atoms with van der Waals surface area (Å²) in [6, 6.07) is 14.2. The average molecular weight is 538 g/mol. The van der Waals surface area contributed by atoms with Gasteiger partial charge in [-0.15, -0.1) is 0 Å². The van der Waals surface area contributed by atoms with Crippen LogP contribution in [0.15, 0.2) is 83.5 Å². The minimum Gasteiger partial charge on any atom is -0.358 e. The van der Waals surface area contributed by atoms with E-state index in [2.05, 4.69) is 46.2 Å². The first-order valence-electron chi connectivity index (χ1n) is 14.4. The van der Waals surface area contributed by atoms with Gasteiger partial charge >= 0.3 is 0 Å². The van der Waals surface area contributed by atoms with Crippen molar-refractivity contribution >= 4 is 17.3 Å². The molecule has 0 unspecified atom stereocenters. The number of allylic oxidation sites excluding steroid dienone is 4. The molecule has 1 aromatic carbocycles. The lowest BCUT2D eigenvalue weighted by Gasteiger charge is -2.35. The molecule has 0 bridgehead atoms. The maximum Gasteiger partial charge on any atom is 0.247 e. The molecule has 4 heterocycles. The second-order valence-electron chi connectivity index (χ2n) is 10.4. The highest BCUT2D eigenvalue weighted by Gasteiger charge is 2.25. The first-order chi connectivity index (χ1) is 19.5.